The lowest BCUT2D eigenvalue weighted by molar-refractivity contribution is -0.115. The van der Waals surface area contributed by atoms with Gasteiger partial charge in [-0.15, -0.1) is 0 Å². The predicted molar refractivity (Wildman–Crippen MR) is 125 cm³/mol. The molecule has 33 heavy (non-hydrogen) atoms. The van der Waals surface area contributed by atoms with Crippen molar-refractivity contribution in [3.8, 4) is 17.2 Å². The fraction of sp³-hybridized carbons (Fsp3) is 0.154. The van der Waals surface area contributed by atoms with E-state index >= 15 is 0 Å². The third kappa shape index (κ3) is 5.15. The first-order valence-electron chi connectivity index (χ1n) is 10.5. The van der Waals surface area contributed by atoms with Crippen molar-refractivity contribution < 1.29 is 23.8 Å². The van der Waals surface area contributed by atoms with Gasteiger partial charge in [-0.3, -0.25) is 9.59 Å². The van der Waals surface area contributed by atoms with Crippen LogP contribution in [0.15, 0.2) is 72.5 Å². The van der Waals surface area contributed by atoms with Gasteiger partial charge >= 0.3 is 0 Å². The first-order valence-corrected chi connectivity index (χ1v) is 10.5. The Balaban J connectivity index is 1.44. The van der Waals surface area contributed by atoms with Gasteiger partial charge in [-0.25, -0.2) is 0 Å². The molecule has 0 fully saturated rings. The van der Waals surface area contributed by atoms with E-state index in [4.69, 9.17) is 14.2 Å². The van der Waals surface area contributed by atoms with Gasteiger partial charge < -0.3 is 24.8 Å². The van der Waals surface area contributed by atoms with Crippen LogP contribution in [-0.2, 0) is 11.3 Å². The van der Waals surface area contributed by atoms with Gasteiger partial charge in [0.2, 0.25) is 0 Å². The maximum Gasteiger partial charge on any atom is 0.291 e. The van der Waals surface area contributed by atoms with E-state index in [-0.39, 0.29) is 17.6 Å². The third-order valence-corrected chi connectivity index (χ3v) is 5.01. The first-order chi connectivity index (χ1) is 16.1. The molecule has 0 aromatic heterocycles. The zero-order valence-electron chi connectivity index (χ0n) is 18.4. The topological polar surface area (TPSA) is 85.9 Å². The van der Waals surface area contributed by atoms with Gasteiger partial charge in [-0.05, 0) is 54.5 Å². The molecule has 168 valence electrons. The van der Waals surface area contributed by atoms with E-state index in [1.807, 2.05) is 55.5 Å². The largest absolute Gasteiger partial charge is 0.493 e. The van der Waals surface area contributed by atoms with Gasteiger partial charge in [0, 0.05) is 12.1 Å². The molecular formula is C26H24N2O5. The highest BCUT2D eigenvalue weighted by Crippen LogP contribution is 2.32. The molecule has 7 nitrogen and oxygen atoms in total. The summed E-state index contributed by atoms with van der Waals surface area (Å²) < 4.78 is 16.6. The monoisotopic (exact) mass is 444 g/mol. The van der Waals surface area contributed by atoms with Crippen molar-refractivity contribution in [2.45, 2.75) is 13.5 Å². The Hall–Kier alpha value is -4.26. The van der Waals surface area contributed by atoms with Crippen LogP contribution in [0.2, 0.25) is 0 Å². The highest BCUT2D eigenvalue weighted by Gasteiger charge is 2.23. The molecular weight excluding hydrogens is 420 g/mol. The summed E-state index contributed by atoms with van der Waals surface area (Å²) in [6.45, 7) is 2.75. The number of anilines is 1. The van der Waals surface area contributed by atoms with Crippen LogP contribution in [0.25, 0.3) is 6.08 Å². The van der Waals surface area contributed by atoms with E-state index in [2.05, 4.69) is 10.6 Å². The van der Waals surface area contributed by atoms with E-state index in [1.54, 1.807) is 31.4 Å². The van der Waals surface area contributed by atoms with Crippen molar-refractivity contribution in [3.63, 3.8) is 0 Å². The predicted octanol–water partition coefficient (Wildman–Crippen LogP) is 4.40. The van der Waals surface area contributed by atoms with Gasteiger partial charge in [-0.2, -0.15) is 0 Å². The summed E-state index contributed by atoms with van der Waals surface area (Å²) in [4.78, 5) is 25.1. The average molecular weight is 444 g/mol. The number of hydrogen-bond acceptors (Lipinski definition) is 5. The van der Waals surface area contributed by atoms with Crippen LogP contribution in [0, 0.1) is 0 Å². The molecule has 0 saturated heterocycles. The fourth-order valence-corrected chi connectivity index (χ4v) is 3.38. The molecule has 0 bridgehead atoms. The number of hydrogen-bond donors (Lipinski definition) is 2. The van der Waals surface area contributed by atoms with E-state index < -0.39 is 0 Å². The second kappa shape index (κ2) is 9.91. The molecule has 0 radical (unpaired) electrons. The summed E-state index contributed by atoms with van der Waals surface area (Å²) in [6, 6.07) is 19.9. The Kier molecular flexibility index (Phi) is 6.59. The van der Waals surface area contributed by atoms with Crippen molar-refractivity contribution in [1.82, 2.24) is 5.32 Å². The van der Waals surface area contributed by atoms with Crippen molar-refractivity contribution in [2.24, 2.45) is 0 Å². The van der Waals surface area contributed by atoms with Crippen LogP contribution in [0.3, 0.4) is 0 Å². The maximum atomic E-state index is 12.7. The summed E-state index contributed by atoms with van der Waals surface area (Å²) in [5.74, 6) is 1.29. The first kappa shape index (κ1) is 22.0. The number of benzene rings is 3. The molecule has 2 amide bonds. The highest BCUT2D eigenvalue weighted by atomic mass is 16.5. The molecule has 0 saturated carbocycles. The van der Waals surface area contributed by atoms with Gasteiger partial charge in [0.1, 0.15) is 0 Å². The number of ether oxygens (including phenoxy) is 3. The second-order valence-corrected chi connectivity index (χ2v) is 7.29. The minimum Gasteiger partial charge on any atom is -0.493 e. The zero-order valence-corrected chi connectivity index (χ0v) is 18.4. The molecule has 1 heterocycles. The Bertz CT molecular complexity index is 1200. The molecule has 0 aliphatic carbocycles. The molecule has 0 spiro atoms. The molecule has 3 aromatic carbocycles. The Labute approximate surface area is 192 Å². The Morgan fingerprint density at radius 1 is 1.06 bits per heavy atom. The fourth-order valence-electron chi connectivity index (χ4n) is 3.38. The summed E-state index contributed by atoms with van der Waals surface area (Å²) in [5.41, 5.74) is 2.58. The lowest BCUT2D eigenvalue weighted by Gasteiger charge is -2.20. The molecule has 2 N–H and O–H groups in total. The van der Waals surface area contributed by atoms with Crippen LogP contribution < -0.4 is 24.8 Å². The highest BCUT2D eigenvalue weighted by molar-refractivity contribution is 6.09. The number of fused-ring (bicyclic) bond motifs is 1. The molecule has 3 aromatic rings. The lowest BCUT2D eigenvalue weighted by atomic mass is 10.1. The molecule has 1 aliphatic heterocycles. The Morgan fingerprint density at radius 2 is 1.88 bits per heavy atom. The van der Waals surface area contributed by atoms with Crippen molar-refractivity contribution >= 4 is 23.6 Å². The van der Waals surface area contributed by atoms with Crippen LogP contribution in [0.4, 0.5) is 5.69 Å². The normalized spacial score (nSPS) is 13.5. The van der Waals surface area contributed by atoms with Crippen LogP contribution in [0.5, 0.6) is 17.2 Å². The number of nitrogens with one attached hydrogen (secondary N) is 2. The maximum absolute atomic E-state index is 12.7. The van der Waals surface area contributed by atoms with Crippen molar-refractivity contribution in [1.29, 1.82) is 0 Å². The zero-order chi connectivity index (χ0) is 23.2. The number of carbonyl (C=O) groups excluding carboxylic acids is 2. The summed E-state index contributed by atoms with van der Waals surface area (Å²) >= 11 is 0. The second-order valence-electron chi connectivity index (χ2n) is 7.29. The summed E-state index contributed by atoms with van der Waals surface area (Å²) in [7, 11) is 1.57. The minimum atomic E-state index is -0.370. The number of rotatable bonds is 7. The third-order valence-electron chi connectivity index (χ3n) is 5.01. The van der Waals surface area contributed by atoms with Crippen LogP contribution in [-0.4, -0.2) is 25.5 Å². The smallest absolute Gasteiger partial charge is 0.291 e. The van der Waals surface area contributed by atoms with Gasteiger partial charge in [0.25, 0.3) is 11.8 Å². The van der Waals surface area contributed by atoms with Gasteiger partial charge in [0.15, 0.2) is 23.0 Å². The van der Waals surface area contributed by atoms with E-state index in [1.165, 1.54) is 0 Å². The average Bonchev–Trinajstić information content (AvgIpc) is 2.84. The molecule has 1 aliphatic rings. The lowest BCUT2D eigenvalue weighted by Crippen LogP contribution is -2.25. The van der Waals surface area contributed by atoms with Gasteiger partial charge in [-0.1, -0.05) is 36.4 Å². The summed E-state index contributed by atoms with van der Waals surface area (Å²) in [6.07, 6.45) is 1.67. The standard InChI is InChI=1S/C26H24N2O5/c1-3-32-22-11-9-18(14-23(22)31-2)16-27-25(29)19-10-12-21-20(15-19)28-26(30)24(33-21)13-17-7-5-4-6-8-17/h4-15H,3,16H2,1-2H3,(H,27,29)(H,28,30). The summed E-state index contributed by atoms with van der Waals surface area (Å²) in [5, 5.41) is 5.67. The number of carbonyl (C=O) groups is 2. The van der Waals surface area contributed by atoms with Crippen LogP contribution in [0.1, 0.15) is 28.4 Å². The quantitative estimate of drug-likeness (QED) is 0.528. The van der Waals surface area contributed by atoms with E-state index in [9.17, 15) is 9.59 Å². The van der Waals surface area contributed by atoms with Crippen LogP contribution >= 0.6 is 0 Å². The van der Waals surface area contributed by atoms with Gasteiger partial charge in [0.05, 0.1) is 19.4 Å². The number of methoxy groups -OCH3 is 1. The van der Waals surface area contributed by atoms with E-state index in [0.717, 1.165) is 11.1 Å². The van der Waals surface area contributed by atoms with Crippen molar-refractivity contribution in [2.75, 3.05) is 19.0 Å². The minimum absolute atomic E-state index is 0.190. The molecule has 7 heteroatoms. The molecule has 0 atom stereocenters. The number of amides is 2. The Morgan fingerprint density at radius 3 is 2.64 bits per heavy atom. The van der Waals surface area contributed by atoms with Crippen molar-refractivity contribution in [3.05, 3.63) is 89.2 Å². The molecule has 4 rings (SSSR count). The SMILES string of the molecule is CCOc1ccc(CNC(=O)c2ccc3c(c2)NC(=O)C(=Cc2ccccc2)O3)cc1OC. The molecule has 0 unspecified atom stereocenters. The van der Waals surface area contributed by atoms with E-state index in [0.29, 0.717) is 41.7 Å².